The molecule has 0 saturated heterocycles. The SMILES string of the molecule is N=C(N)c1ccc(NC(=O)CCCC(=O)N[C@@H](CC(=O)O)C(=O)N[C@@H](Cc2ccccc2)C(=O)O)cc1. The topological polar surface area (TPSA) is 212 Å². The fourth-order valence-corrected chi connectivity index (χ4v) is 3.34. The van der Waals surface area contributed by atoms with Crippen LogP contribution in [-0.2, 0) is 30.4 Å². The first-order valence-electron chi connectivity index (χ1n) is 11.4. The summed E-state index contributed by atoms with van der Waals surface area (Å²) in [6.45, 7) is 0. The van der Waals surface area contributed by atoms with Crippen LogP contribution in [-0.4, -0.2) is 57.8 Å². The van der Waals surface area contributed by atoms with Gasteiger partial charge < -0.3 is 31.9 Å². The van der Waals surface area contributed by atoms with E-state index in [1.165, 1.54) is 0 Å². The Morgan fingerprint density at radius 3 is 2.03 bits per heavy atom. The van der Waals surface area contributed by atoms with Crippen LogP contribution in [0.1, 0.15) is 36.8 Å². The number of carbonyl (C=O) groups excluding carboxylic acids is 3. The number of carboxylic acids is 2. The predicted molar refractivity (Wildman–Crippen MR) is 134 cm³/mol. The van der Waals surface area contributed by atoms with Crippen LogP contribution in [0.4, 0.5) is 5.69 Å². The van der Waals surface area contributed by atoms with Crippen LogP contribution < -0.4 is 21.7 Å². The number of anilines is 1. The number of carboxylic acid groups (broad SMARTS) is 2. The summed E-state index contributed by atoms with van der Waals surface area (Å²) in [5.74, 6) is -4.73. The van der Waals surface area contributed by atoms with E-state index in [0.717, 1.165) is 0 Å². The maximum atomic E-state index is 12.6. The summed E-state index contributed by atoms with van der Waals surface area (Å²) in [5, 5.41) is 33.2. The van der Waals surface area contributed by atoms with Gasteiger partial charge in [0.2, 0.25) is 17.7 Å². The van der Waals surface area contributed by atoms with Crippen LogP contribution in [0, 0.1) is 5.41 Å². The van der Waals surface area contributed by atoms with Gasteiger partial charge in [-0.05, 0) is 36.2 Å². The standard InChI is InChI=1S/C25H29N5O7/c26-23(27)16-9-11-17(12-10-16)28-20(31)7-4-8-21(32)29-18(14-22(33)34)24(35)30-19(25(36)37)13-15-5-2-1-3-6-15/h1-3,5-6,9-12,18-19H,4,7-8,13-14H2,(H3,26,27)(H,28,31)(H,29,32)(H,30,35)(H,33,34)(H,36,37)/t18-,19-/m0/s1. The van der Waals surface area contributed by atoms with Crippen molar-refractivity contribution in [2.75, 3.05) is 5.32 Å². The minimum absolute atomic E-state index is 0.0180. The van der Waals surface area contributed by atoms with E-state index in [4.69, 9.17) is 16.2 Å². The lowest BCUT2D eigenvalue weighted by molar-refractivity contribution is -0.143. The second-order valence-corrected chi connectivity index (χ2v) is 8.20. The van der Waals surface area contributed by atoms with E-state index < -0.39 is 42.3 Å². The van der Waals surface area contributed by atoms with Gasteiger partial charge in [-0.15, -0.1) is 0 Å². The summed E-state index contributed by atoms with van der Waals surface area (Å²) < 4.78 is 0. The van der Waals surface area contributed by atoms with Crippen LogP contribution in [0.5, 0.6) is 0 Å². The number of amides is 3. The van der Waals surface area contributed by atoms with Crippen LogP contribution >= 0.6 is 0 Å². The molecule has 12 nitrogen and oxygen atoms in total. The summed E-state index contributed by atoms with van der Waals surface area (Å²) in [6, 6.07) is 12.1. The number of aliphatic carboxylic acids is 2. The minimum Gasteiger partial charge on any atom is -0.481 e. The molecular weight excluding hydrogens is 482 g/mol. The molecule has 0 aliphatic carbocycles. The number of hydrogen-bond donors (Lipinski definition) is 7. The van der Waals surface area contributed by atoms with Crippen molar-refractivity contribution in [2.45, 2.75) is 44.2 Å². The summed E-state index contributed by atoms with van der Waals surface area (Å²) >= 11 is 0. The largest absolute Gasteiger partial charge is 0.481 e. The van der Waals surface area contributed by atoms with Crippen molar-refractivity contribution in [3.63, 3.8) is 0 Å². The van der Waals surface area contributed by atoms with Crippen LogP contribution in [0.15, 0.2) is 54.6 Å². The normalized spacial score (nSPS) is 12.0. The molecule has 12 heteroatoms. The lowest BCUT2D eigenvalue weighted by atomic mass is 10.0. The van der Waals surface area contributed by atoms with E-state index in [9.17, 15) is 29.1 Å². The van der Waals surface area contributed by atoms with Crippen molar-refractivity contribution >= 4 is 41.2 Å². The van der Waals surface area contributed by atoms with E-state index in [1.54, 1.807) is 54.6 Å². The molecule has 0 bridgehead atoms. The van der Waals surface area contributed by atoms with Crippen LogP contribution in [0.25, 0.3) is 0 Å². The van der Waals surface area contributed by atoms with Crippen molar-refractivity contribution in [3.05, 3.63) is 65.7 Å². The third-order valence-corrected chi connectivity index (χ3v) is 5.22. The van der Waals surface area contributed by atoms with Gasteiger partial charge in [0.1, 0.15) is 17.9 Å². The van der Waals surface area contributed by atoms with Gasteiger partial charge in [-0.25, -0.2) is 4.79 Å². The Balaban J connectivity index is 1.87. The van der Waals surface area contributed by atoms with Crippen molar-refractivity contribution in [2.24, 2.45) is 5.73 Å². The molecule has 0 aliphatic rings. The van der Waals surface area contributed by atoms with Crippen molar-refractivity contribution in [1.29, 1.82) is 5.41 Å². The number of nitrogens with two attached hydrogens (primary N) is 1. The first-order chi connectivity index (χ1) is 17.5. The molecule has 8 N–H and O–H groups in total. The molecule has 0 aliphatic heterocycles. The van der Waals surface area contributed by atoms with Crippen molar-refractivity contribution in [1.82, 2.24) is 10.6 Å². The molecule has 2 aromatic carbocycles. The quantitative estimate of drug-likeness (QED) is 0.142. The molecule has 0 unspecified atom stereocenters. The number of nitrogens with one attached hydrogen (secondary N) is 4. The summed E-state index contributed by atoms with van der Waals surface area (Å²) in [6.07, 6.45) is -0.826. The monoisotopic (exact) mass is 511 g/mol. The van der Waals surface area contributed by atoms with Crippen LogP contribution in [0.3, 0.4) is 0 Å². The van der Waals surface area contributed by atoms with Gasteiger partial charge in [0.15, 0.2) is 0 Å². The van der Waals surface area contributed by atoms with Gasteiger partial charge in [-0.3, -0.25) is 24.6 Å². The Morgan fingerprint density at radius 2 is 1.46 bits per heavy atom. The number of rotatable bonds is 14. The Hall–Kier alpha value is -4.74. The molecule has 0 heterocycles. The zero-order valence-corrected chi connectivity index (χ0v) is 19.9. The number of benzene rings is 2. The Kier molecular flexibility index (Phi) is 10.8. The lowest BCUT2D eigenvalue weighted by Gasteiger charge is -2.20. The zero-order chi connectivity index (χ0) is 27.4. The average Bonchev–Trinajstić information content (AvgIpc) is 2.83. The molecular formula is C25H29N5O7. The maximum absolute atomic E-state index is 12.6. The first-order valence-corrected chi connectivity index (χ1v) is 11.4. The molecule has 0 aromatic heterocycles. The molecule has 196 valence electrons. The first kappa shape index (κ1) is 28.5. The lowest BCUT2D eigenvalue weighted by Crippen LogP contribution is -2.52. The third-order valence-electron chi connectivity index (χ3n) is 5.22. The van der Waals surface area contributed by atoms with Crippen molar-refractivity contribution in [3.8, 4) is 0 Å². The number of nitrogen functional groups attached to an aromatic ring is 1. The zero-order valence-electron chi connectivity index (χ0n) is 19.9. The van der Waals surface area contributed by atoms with Crippen molar-refractivity contribution < 1.29 is 34.2 Å². The molecule has 2 rings (SSSR count). The second kappa shape index (κ2) is 14.0. The molecule has 0 spiro atoms. The Bertz CT molecular complexity index is 1140. The summed E-state index contributed by atoms with van der Waals surface area (Å²) in [7, 11) is 0. The molecule has 3 amide bonds. The molecule has 2 atom stereocenters. The smallest absolute Gasteiger partial charge is 0.326 e. The third kappa shape index (κ3) is 10.2. The highest BCUT2D eigenvalue weighted by Gasteiger charge is 2.28. The van der Waals surface area contributed by atoms with Gasteiger partial charge in [-0.2, -0.15) is 0 Å². The molecule has 0 fully saturated rings. The van der Waals surface area contributed by atoms with E-state index in [-0.39, 0.29) is 37.4 Å². The Morgan fingerprint density at radius 1 is 0.838 bits per heavy atom. The second-order valence-electron chi connectivity index (χ2n) is 8.20. The predicted octanol–water partition coefficient (Wildman–Crippen LogP) is 0.851. The summed E-state index contributed by atoms with van der Waals surface area (Å²) in [5.41, 5.74) is 7.03. The highest BCUT2D eigenvalue weighted by Crippen LogP contribution is 2.10. The molecule has 37 heavy (non-hydrogen) atoms. The number of amidine groups is 1. The maximum Gasteiger partial charge on any atom is 0.326 e. The number of hydrogen-bond acceptors (Lipinski definition) is 6. The highest BCUT2D eigenvalue weighted by molar-refractivity contribution is 5.96. The average molecular weight is 512 g/mol. The van der Waals surface area contributed by atoms with Gasteiger partial charge >= 0.3 is 11.9 Å². The molecule has 0 saturated carbocycles. The summed E-state index contributed by atoms with van der Waals surface area (Å²) in [4.78, 5) is 59.9. The van der Waals surface area contributed by atoms with E-state index in [2.05, 4.69) is 16.0 Å². The van der Waals surface area contributed by atoms with E-state index >= 15 is 0 Å². The van der Waals surface area contributed by atoms with E-state index in [0.29, 0.717) is 16.8 Å². The fraction of sp³-hybridized carbons (Fsp3) is 0.280. The molecule has 0 radical (unpaired) electrons. The van der Waals surface area contributed by atoms with Gasteiger partial charge in [0.25, 0.3) is 0 Å². The minimum atomic E-state index is -1.49. The van der Waals surface area contributed by atoms with E-state index in [1.807, 2.05) is 0 Å². The van der Waals surface area contributed by atoms with Gasteiger partial charge in [0.05, 0.1) is 6.42 Å². The van der Waals surface area contributed by atoms with Gasteiger partial charge in [-0.1, -0.05) is 30.3 Å². The highest BCUT2D eigenvalue weighted by atomic mass is 16.4. The van der Waals surface area contributed by atoms with Gasteiger partial charge in [0, 0.05) is 30.5 Å². The van der Waals surface area contributed by atoms with Crippen LogP contribution in [0.2, 0.25) is 0 Å². The fourth-order valence-electron chi connectivity index (χ4n) is 3.34. The molecule has 2 aromatic rings. The Labute approximate surface area is 212 Å². The number of carbonyl (C=O) groups is 5.